The van der Waals surface area contributed by atoms with Crippen LogP contribution in [0, 0.1) is 5.92 Å². The molecule has 8 nitrogen and oxygen atoms in total. The molecule has 1 fully saturated rings. The van der Waals surface area contributed by atoms with E-state index in [1.54, 1.807) is 16.6 Å². The van der Waals surface area contributed by atoms with Crippen LogP contribution in [0.5, 0.6) is 0 Å². The third-order valence-electron chi connectivity index (χ3n) is 5.03. The Labute approximate surface area is 141 Å². The average Bonchev–Trinajstić information content (AvgIpc) is 2.92. The van der Waals surface area contributed by atoms with Gasteiger partial charge in [0.25, 0.3) is 0 Å². The highest BCUT2D eigenvalue weighted by Gasteiger charge is 2.37. The maximum Gasteiger partial charge on any atom is 0.358 e. The first-order valence-corrected chi connectivity index (χ1v) is 8.20. The zero-order valence-corrected chi connectivity index (χ0v) is 14.4. The first kappa shape index (κ1) is 16.9. The monoisotopic (exact) mass is 336 g/mol. The van der Waals surface area contributed by atoms with Gasteiger partial charge in [-0.25, -0.2) is 4.79 Å². The molecule has 3 heterocycles. The van der Waals surface area contributed by atoms with E-state index >= 15 is 0 Å². The zero-order valence-electron chi connectivity index (χ0n) is 14.4. The number of nitrogens with zero attached hydrogens (tertiary/aromatic N) is 4. The molecule has 0 aliphatic carbocycles. The molecule has 3 rings (SSSR count). The molecular formula is C16H24N4O4. The number of piperidine rings is 1. The van der Waals surface area contributed by atoms with Crippen LogP contribution in [-0.2, 0) is 29.5 Å². The molecule has 132 valence electrons. The summed E-state index contributed by atoms with van der Waals surface area (Å²) < 4.78 is 6.48. The fourth-order valence-electron chi connectivity index (χ4n) is 3.62. The van der Waals surface area contributed by atoms with E-state index in [1.165, 1.54) is 7.11 Å². The smallest absolute Gasteiger partial charge is 0.358 e. The second-order valence-corrected chi connectivity index (χ2v) is 6.62. The molecular weight excluding hydrogens is 312 g/mol. The van der Waals surface area contributed by atoms with Gasteiger partial charge in [0, 0.05) is 50.9 Å². The lowest BCUT2D eigenvalue weighted by Gasteiger charge is -2.37. The Bertz CT molecular complexity index is 657. The van der Waals surface area contributed by atoms with Gasteiger partial charge in [-0.15, -0.1) is 0 Å². The van der Waals surface area contributed by atoms with E-state index in [0.29, 0.717) is 32.5 Å². The maximum absolute atomic E-state index is 12.9. The van der Waals surface area contributed by atoms with Crippen LogP contribution in [0.1, 0.15) is 28.2 Å². The van der Waals surface area contributed by atoms with Gasteiger partial charge >= 0.3 is 5.97 Å². The minimum Gasteiger partial charge on any atom is -0.464 e. The fourth-order valence-corrected chi connectivity index (χ4v) is 3.62. The van der Waals surface area contributed by atoms with Crippen molar-refractivity contribution in [3.63, 3.8) is 0 Å². The van der Waals surface area contributed by atoms with Gasteiger partial charge in [0.05, 0.1) is 19.1 Å². The summed E-state index contributed by atoms with van der Waals surface area (Å²) in [5.41, 5.74) is 1.98. The first-order chi connectivity index (χ1) is 11.4. The number of amides is 1. The van der Waals surface area contributed by atoms with Crippen molar-refractivity contribution in [2.45, 2.75) is 25.5 Å². The van der Waals surface area contributed by atoms with Crippen molar-refractivity contribution >= 4 is 11.9 Å². The lowest BCUT2D eigenvalue weighted by Crippen LogP contribution is -2.51. The molecule has 1 aromatic heterocycles. The number of aryl methyl sites for hydroxylation is 1. The summed E-state index contributed by atoms with van der Waals surface area (Å²) in [5, 5.41) is 14.4. The van der Waals surface area contributed by atoms with E-state index in [-0.39, 0.29) is 11.6 Å². The van der Waals surface area contributed by atoms with Crippen LogP contribution in [0.3, 0.4) is 0 Å². The van der Waals surface area contributed by atoms with Crippen molar-refractivity contribution in [1.82, 2.24) is 19.6 Å². The summed E-state index contributed by atoms with van der Waals surface area (Å²) in [6.45, 7) is 2.25. The molecule has 0 spiro atoms. The van der Waals surface area contributed by atoms with Crippen molar-refractivity contribution in [3.05, 3.63) is 17.0 Å². The third kappa shape index (κ3) is 2.91. The van der Waals surface area contributed by atoms with Crippen LogP contribution >= 0.6 is 0 Å². The topological polar surface area (TPSA) is 87.9 Å². The molecule has 8 heteroatoms. The van der Waals surface area contributed by atoms with E-state index in [0.717, 1.165) is 17.8 Å². The number of aromatic nitrogens is 2. The summed E-state index contributed by atoms with van der Waals surface area (Å²) in [6, 6.07) is 0. The largest absolute Gasteiger partial charge is 0.464 e. The predicted octanol–water partition coefficient (Wildman–Crippen LogP) is -0.596. The minimum absolute atomic E-state index is 0.0561. The Morgan fingerprint density at radius 3 is 2.75 bits per heavy atom. The van der Waals surface area contributed by atoms with Crippen LogP contribution in [0.25, 0.3) is 0 Å². The Hall–Kier alpha value is -1.93. The molecule has 2 aliphatic heterocycles. The normalized spacial score (nSPS) is 24.6. The molecule has 0 aromatic carbocycles. The maximum atomic E-state index is 12.9. The number of hydrogen-bond donors (Lipinski definition) is 1. The lowest BCUT2D eigenvalue weighted by atomic mass is 9.92. The van der Waals surface area contributed by atoms with E-state index in [4.69, 9.17) is 4.74 Å². The minimum atomic E-state index is -0.607. The number of carbonyl (C=O) groups excluding carboxylic acids is 2. The summed E-state index contributed by atoms with van der Waals surface area (Å²) >= 11 is 0. The Kier molecular flexibility index (Phi) is 4.60. The van der Waals surface area contributed by atoms with E-state index in [1.807, 2.05) is 7.05 Å². The number of carbonyl (C=O) groups is 2. The standard InChI is InChI=1S/C16H24N4O4/c1-18-6-5-13(21)11(8-18)15(22)20-7-4-12-10(9-20)14(16(23)24-3)17-19(12)2/h11,13,21H,4-9H2,1-3H3/t11-,13+/m1/s1. The molecule has 2 aliphatic rings. The van der Waals surface area contributed by atoms with Crippen LogP contribution in [0.15, 0.2) is 0 Å². The Balaban J connectivity index is 1.81. The molecule has 0 saturated carbocycles. The molecule has 1 saturated heterocycles. The van der Waals surface area contributed by atoms with Crippen molar-refractivity contribution in [2.24, 2.45) is 13.0 Å². The van der Waals surface area contributed by atoms with E-state index in [9.17, 15) is 14.7 Å². The zero-order chi connectivity index (χ0) is 17.4. The number of likely N-dealkylation sites (tertiary alicyclic amines) is 1. The number of fused-ring (bicyclic) bond motifs is 1. The van der Waals surface area contributed by atoms with Crippen molar-refractivity contribution in [1.29, 1.82) is 0 Å². The van der Waals surface area contributed by atoms with Crippen LogP contribution < -0.4 is 0 Å². The summed E-state index contributed by atoms with van der Waals surface area (Å²) in [7, 11) is 5.07. The van der Waals surface area contributed by atoms with E-state index < -0.39 is 18.0 Å². The van der Waals surface area contributed by atoms with E-state index in [2.05, 4.69) is 10.00 Å². The van der Waals surface area contributed by atoms with Crippen LogP contribution in [0.4, 0.5) is 0 Å². The van der Waals surface area contributed by atoms with Crippen molar-refractivity contribution < 1.29 is 19.4 Å². The third-order valence-corrected chi connectivity index (χ3v) is 5.03. The van der Waals surface area contributed by atoms with Gasteiger partial charge in [-0.2, -0.15) is 5.10 Å². The van der Waals surface area contributed by atoms with Gasteiger partial charge in [-0.05, 0) is 13.5 Å². The van der Waals surface area contributed by atoms with Gasteiger partial charge in [0.2, 0.25) is 5.91 Å². The van der Waals surface area contributed by atoms with Crippen LogP contribution in [0.2, 0.25) is 0 Å². The number of methoxy groups -OCH3 is 1. The van der Waals surface area contributed by atoms with Gasteiger partial charge in [-0.1, -0.05) is 0 Å². The molecule has 1 N–H and O–H groups in total. The van der Waals surface area contributed by atoms with Crippen LogP contribution in [-0.4, -0.2) is 76.5 Å². The van der Waals surface area contributed by atoms with Gasteiger partial charge in [-0.3, -0.25) is 9.48 Å². The average molecular weight is 336 g/mol. The molecule has 0 bridgehead atoms. The number of aliphatic hydroxyl groups is 1. The fraction of sp³-hybridized carbons (Fsp3) is 0.688. The summed E-state index contributed by atoms with van der Waals surface area (Å²) in [6.07, 6.45) is 0.635. The molecule has 2 atom stereocenters. The number of esters is 1. The van der Waals surface area contributed by atoms with Gasteiger partial charge in [0.15, 0.2) is 5.69 Å². The lowest BCUT2D eigenvalue weighted by molar-refractivity contribution is -0.143. The Morgan fingerprint density at radius 2 is 2.04 bits per heavy atom. The second-order valence-electron chi connectivity index (χ2n) is 6.62. The number of hydrogen-bond acceptors (Lipinski definition) is 6. The quantitative estimate of drug-likeness (QED) is 0.726. The number of ether oxygens (including phenoxy) is 1. The summed E-state index contributed by atoms with van der Waals surface area (Å²) in [5.74, 6) is -0.957. The molecule has 0 radical (unpaired) electrons. The van der Waals surface area contributed by atoms with Gasteiger partial charge < -0.3 is 19.6 Å². The van der Waals surface area contributed by atoms with Crippen molar-refractivity contribution in [3.8, 4) is 0 Å². The molecule has 24 heavy (non-hydrogen) atoms. The summed E-state index contributed by atoms with van der Waals surface area (Å²) in [4.78, 5) is 28.6. The SMILES string of the molecule is COC(=O)c1nn(C)c2c1CN(C(=O)[C@@H]1CN(C)CC[C@@H]1O)CC2. The number of aliphatic hydroxyl groups excluding tert-OH is 1. The van der Waals surface area contributed by atoms with Crippen molar-refractivity contribution in [2.75, 3.05) is 33.8 Å². The second kappa shape index (κ2) is 6.52. The highest BCUT2D eigenvalue weighted by atomic mass is 16.5. The first-order valence-electron chi connectivity index (χ1n) is 8.20. The highest BCUT2D eigenvalue weighted by molar-refractivity contribution is 5.89. The molecule has 1 aromatic rings. The highest BCUT2D eigenvalue weighted by Crippen LogP contribution is 2.26. The number of rotatable bonds is 2. The van der Waals surface area contributed by atoms with Gasteiger partial charge in [0.1, 0.15) is 0 Å². The molecule has 0 unspecified atom stereocenters. The predicted molar refractivity (Wildman–Crippen MR) is 85.3 cm³/mol. The molecule has 1 amide bonds. The Morgan fingerprint density at radius 1 is 1.29 bits per heavy atom.